The Morgan fingerprint density at radius 2 is 1.79 bits per heavy atom. The van der Waals surface area contributed by atoms with Crippen LogP contribution in [0.5, 0.6) is 5.75 Å². The lowest BCUT2D eigenvalue weighted by atomic mass is 9.86. The molecule has 0 bridgehead atoms. The lowest BCUT2D eigenvalue weighted by molar-refractivity contribution is 0.408. The molecule has 0 radical (unpaired) electrons. The van der Waals surface area contributed by atoms with E-state index in [2.05, 4.69) is 42.9 Å². The summed E-state index contributed by atoms with van der Waals surface area (Å²) in [6.07, 6.45) is 1.39. The highest BCUT2D eigenvalue weighted by Crippen LogP contribution is 2.27. The molecule has 0 unspecified atom stereocenters. The van der Waals surface area contributed by atoms with Crippen molar-refractivity contribution in [1.29, 1.82) is 0 Å². The third-order valence-electron chi connectivity index (χ3n) is 3.04. The molecule has 1 heterocycles. The maximum atomic E-state index is 11.7. The Hall–Kier alpha value is -2.10. The lowest BCUT2D eigenvalue weighted by Gasteiger charge is -2.19. The number of H-pyrrole nitrogens is 1. The zero-order valence-corrected chi connectivity index (χ0v) is 11.7. The summed E-state index contributed by atoms with van der Waals surface area (Å²) in [4.78, 5) is 18.3. The standard InChI is InChI=1S/C15H18N2O2/c1-15(2,3)11-7-5-10(6-8-11)12-13(19-4)14(18)17-9-16-12/h5-9H,1-4H3,(H,16,17,18). The second kappa shape index (κ2) is 4.88. The molecule has 0 aliphatic heterocycles. The van der Waals surface area contributed by atoms with Gasteiger partial charge in [-0.05, 0) is 11.0 Å². The molecular formula is C15H18N2O2. The molecule has 1 N–H and O–H groups in total. The van der Waals surface area contributed by atoms with Gasteiger partial charge in [0.15, 0.2) is 0 Å². The van der Waals surface area contributed by atoms with Gasteiger partial charge in [0.25, 0.3) is 5.56 Å². The van der Waals surface area contributed by atoms with Crippen LogP contribution in [0.3, 0.4) is 0 Å². The summed E-state index contributed by atoms with van der Waals surface area (Å²) in [6, 6.07) is 8.03. The van der Waals surface area contributed by atoms with Gasteiger partial charge in [-0.1, -0.05) is 45.0 Å². The molecule has 100 valence electrons. The maximum absolute atomic E-state index is 11.7. The van der Waals surface area contributed by atoms with Crippen molar-refractivity contribution in [3.63, 3.8) is 0 Å². The largest absolute Gasteiger partial charge is 0.490 e. The maximum Gasteiger partial charge on any atom is 0.293 e. The summed E-state index contributed by atoms with van der Waals surface area (Å²) in [5, 5.41) is 0. The predicted octanol–water partition coefficient (Wildman–Crippen LogP) is 2.74. The first-order valence-corrected chi connectivity index (χ1v) is 6.16. The van der Waals surface area contributed by atoms with E-state index >= 15 is 0 Å². The minimum atomic E-state index is -0.271. The zero-order valence-electron chi connectivity index (χ0n) is 11.7. The molecule has 1 aromatic heterocycles. The van der Waals surface area contributed by atoms with Crippen LogP contribution in [0.25, 0.3) is 11.3 Å². The van der Waals surface area contributed by atoms with E-state index < -0.39 is 0 Å². The van der Waals surface area contributed by atoms with Gasteiger partial charge in [0.1, 0.15) is 5.69 Å². The quantitative estimate of drug-likeness (QED) is 0.901. The van der Waals surface area contributed by atoms with Crippen LogP contribution in [-0.4, -0.2) is 17.1 Å². The number of methoxy groups -OCH3 is 1. The van der Waals surface area contributed by atoms with Crippen LogP contribution in [0.2, 0.25) is 0 Å². The van der Waals surface area contributed by atoms with Crippen molar-refractivity contribution in [2.24, 2.45) is 0 Å². The van der Waals surface area contributed by atoms with Gasteiger partial charge in [-0.25, -0.2) is 4.98 Å². The molecule has 19 heavy (non-hydrogen) atoms. The zero-order chi connectivity index (χ0) is 14.0. The van der Waals surface area contributed by atoms with Gasteiger partial charge in [-0.3, -0.25) is 4.79 Å². The number of aromatic nitrogens is 2. The summed E-state index contributed by atoms with van der Waals surface area (Å²) < 4.78 is 5.12. The van der Waals surface area contributed by atoms with Crippen molar-refractivity contribution in [2.45, 2.75) is 26.2 Å². The van der Waals surface area contributed by atoms with Crippen LogP contribution < -0.4 is 10.3 Å². The molecule has 0 atom stereocenters. The minimum absolute atomic E-state index is 0.101. The van der Waals surface area contributed by atoms with Crippen LogP contribution >= 0.6 is 0 Å². The molecule has 1 aromatic carbocycles. The summed E-state index contributed by atoms with van der Waals surface area (Å²) >= 11 is 0. The van der Waals surface area contributed by atoms with Crippen LogP contribution in [0.15, 0.2) is 35.4 Å². The van der Waals surface area contributed by atoms with Crippen molar-refractivity contribution < 1.29 is 4.74 Å². The number of hydrogen-bond donors (Lipinski definition) is 1. The summed E-state index contributed by atoms with van der Waals surface area (Å²) in [6.45, 7) is 6.48. The first-order valence-electron chi connectivity index (χ1n) is 6.16. The molecule has 2 aromatic rings. The Balaban J connectivity index is 2.49. The van der Waals surface area contributed by atoms with E-state index in [0.29, 0.717) is 5.69 Å². The van der Waals surface area contributed by atoms with Gasteiger partial charge in [0.2, 0.25) is 5.75 Å². The second-order valence-corrected chi connectivity index (χ2v) is 5.44. The molecule has 0 aliphatic rings. The highest BCUT2D eigenvalue weighted by Gasteiger charge is 2.15. The van der Waals surface area contributed by atoms with E-state index in [1.165, 1.54) is 19.0 Å². The van der Waals surface area contributed by atoms with E-state index in [0.717, 1.165) is 5.56 Å². The van der Waals surface area contributed by atoms with Gasteiger partial charge in [0, 0.05) is 5.56 Å². The van der Waals surface area contributed by atoms with E-state index in [9.17, 15) is 4.79 Å². The number of ether oxygens (including phenoxy) is 1. The fourth-order valence-corrected chi connectivity index (χ4v) is 1.91. The molecule has 4 heteroatoms. The lowest BCUT2D eigenvalue weighted by Crippen LogP contribution is -2.12. The Labute approximate surface area is 112 Å². The first kappa shape index (κ1) is 13.3. The fraction of sp³-hybridized carbons (Fsp3) is 0.333. The molecule has 0 fully saturated rings. The molecule has 0 saturated heterocycles. The van der Waals surface area contributed by atoms with Crippen molar-refractivity contribution >= 4 is 0 Å². The van der Waals surface area contributed by atoms with E-state index in [-0.39, 0.29) is 16.7 Å². The second-order valence-electron chi connectivity index (χ2n) is 5.44. The topological polar surface area (TPSA) is 55.0 Å². The Bertz CT molecular complexity index is 622. The van der Waals surface area contributed by atoms with Gasteiger partial charge >= 0.3 is 0 Å². The Morgan fingerprint density at radius 1 is 1.16 bits per heavy atom. The smallest absolute Gasteiger partial charge is 0.293 e. The number of hydrogen-bond acceptors (Lipinski definition) is 3. The minimum Gasteiger partial charge on any atom is -0.490 e. The third kappa shape index (κ3) is 2.67. The van der Waals surface area contributed by atoms with E-state index in [1.54, 1.807) is 0 Å². The van der Waals surface area contributed by atoms with Gasteiger partial charge in [0.05, 0.1) is 13.4 Å². The number of aromatic amines is 1. The molecule has 4 nitrogen and oxygen atoms in total. The highest BCUT2D eigenvalue weighted by atomic mass is 16.5. The summed E-state index contributed by atoms with van der Waals surface area (Å²) in [7, 11) is 1.47. The SMILES string of the molecule is COc1c(-c2ccc(C(C)(C)C)cc2)nc[nH]c1=O. The Morgan fingerprint density at radius 3 is 2.32 bits per heavy atom. The number of nitrogens with zero attached hydrogens (tertiary/aromatic N) is 1. The predicted molar refractivity (Wildman–Crippen MR) is 75.5 cm³/mol. The first-order chi connectivity index (χ1) is 8.93. The molecule has 0 saturated carbocycles. The normalized spacial score (nSPS) is 11.4. The van der Waals surface area contributed by atoms with Crippen LogP contribution in [-0.2, 0) is 5.41 Å². The molecule has 0 aliphatic carbocycles. The average molecular weight is 258 g/mol. The van der Waals surface area contributed by atoms with Crippen LogP contribution in [0.1, 0.15) is 26.3 Å². The third-order valence-corrected chi connectivity index (χ3v) is 3.04. The number of rotatable bonds is 2. The Kier molecular flexibility index (Phi) is 3.42. The monoisotopic (exact) mass is 258 g/mol. The van der Waals surface area contributed by atoms with E-state index in [1.807, 2.05) is 12.1 Å². The fourth-order valence-electron chi connectivity index (χ4n) is 1.91. The highest BCUT2D eigenvalue weighted by molar-refractivity contribution is 5.65. The molecule has 0 amide bonds. The van der Waals surface area contributed by atoms with Crippen molar-refractivity contribution in [2.75, 3.05) is 7.11 Å². The van der Waals surface area contributed by atoms with Crippen molar-refractivity contribution in [3.8, 4) is 17.0 Å². The molecule has 0 spiro atoms. The van der Waals surface area contributed by atoms with Crippen LogP contribution in [0.4, 0.5) is 0 Å². The summed E-state index contributed by atoms with van der Waals surface area (Å²) in [5.74, 6) is 0.242. The summed E-state index contributed by atoms with van der Waals surface area (Å²) in [5.41, 5.74) is 2.50. The number of nitrogens with one attached hydrogen (secondary N) is 1. The van der Waals surface area contributed by atoms with Crippen LogP contribution in [0, 0.1) is 0 Å². The van der Waals surface area contributed by atoms with Gasteiger partial charge in [-0.15, -0.1) is 0 Å². The number of benzene rings is 1. The van der Waals surface area contributed by atoms with E-state index in [4.69, 9.17) is 4.74 Å². The average Bonchev–Trinajstić information content (AvgIpc) is 2.37. The van der Waals surface area contributed by atoms with Gasteiger partial charge in [-0.2, -0.15) is 0 Å². The van der Waals surface area contributed by atoms with Gasteiger partial charge < -0.3 is 9.72 Å². The molecule has 2 rings (SSSR count). The van der Waals surface area contributed by atoms with Crippen molar-refractivity contribution in [3.05, 3.63) is 46.5 Å². The molecular weight excluding hydrogens is 240 g/mol. The van der Waals surface area contributed by atoms with Crippen molar-refractivity contribution in [1.82, 2.24) is 9.97 Å².